The molecule has 0 aromatic carbocycles. The maximum atomic E-state index is 5.97. The molecule has 1 nitrogen and oxygen atoms in total. The van der Waals surface area contributed by atoms with E-state index in [9.17, 15) is 0 Å². The zero-order valence-electron chi connectivity index (χ0n) is 5.85. The lowest BCUT2D eigenvalue weighted by Gasteiger charge is -1.99. The van der Waals surface area contributed by atoms with Gasteiger partial charge < -0.3 is 0 Å². The van der Waals surface area contributed by atoms with Crippen molar-refractivity contribution < 1.29 is 0 Å². The Morgan fingerprint density at radius 2 is 2.27 bits per heavy atom. The lowest BCUT2D eigenvalue weighted by molar-refractivity contribution is 1.02. The maximum Gasteiger partial charge on any atom is 0.0635 e. The van der Waals surface area contributed by atoms with Crippen LogP contribution in [-0.4, -0.2) is 4.98 Å². The van der Waals surface area contributed by atoms with Gasteiger partial charge in [0, 0.05) is 16.6 Å². The second-order valence-electron chi connectivity index (χ2n) is 2.79. The minimum Gasteiger partial charge on any atom is -0.258 e. The Hall–Kier alpha value is -0.0800. The first-order valence-corrected chi connectivity index (χ1v) is 4.75. The van der Waals surface area contributed by atoms with Gasteiger partial charge in [-0.05, 0) is 34.8 Å². The molecule has 0 unspecified atom stereocenters. The number of rotatable bonds is 1. The summed E-state index contributed by atoms with van der Waals surface area (Å²) in [6.45, 7) is 0. The number of pyridine rings is 1. The molecule has 0 atom stereocenters. The average molecular weight is 233 g/mol. The highest BCUT2D eigenvalue weighted by Crippen LogP contribution is 2.42. The average Bonchev–Trinajstić information content (AvgIpc) is 2.70. The molecule has 58 valence electrons. The number of nitrogens with zero attached hydrogens (tertiary/aromatic N) is 1. The van der Waals surface area contributed by atoms with Crippen LogP contribution in [0.2, 0.25) is 5.02 Å². The van der Waals surface area contributed by atoms with E-state index in [1.807, 2.05) is 6.07 Å². The summed E-state index contributed by atoms with van der Waals surface area (Å²) in [5.74, 6) is 0.635. The third kappa shape index (κ3) is 1.57. The summed E-state index contributed by atoms with van der Waals surface area (Å²) in [5.41, 5.74) is 1.06. The number of halogens is 2. The highest BCUT2D eigenvalue weighted by Gasteiger charge is 2.26. The first-order valence-electron chi connectivity index (χ1n) is 3.58. The zero-order valence-corrected chi connectivity index (χ0v) is 8.19. The lowest BCUT2D eigenvalue weighted by Crippen LogP contribution is -1.86. The van der Waals surface area contributed by atoms with Crippen molar-refractivity contribution in [2.75, 3.05) is 0 Å². The predicted molar refractivity (Wildman–Crippen MR) is 48.9 cm³/mol. The van der Waals surface area contributed by atoms with Crippen LogP contribution in [0.5, 0.6) is 0 Å². The molecule has 11 heavy (non-hydrogen) atoms. The van der Waals surface area contributed by atoms with Crippen LogP contribution in [0, 0.1) is 0 Å². The minimum atomic E-state index is 0.635. The summed E-state index contributed by atoms with van der Waals surface area (Å²) in [6.07, 6.45) is 4.29. The van der Waals surface area contributed by atoms with Gasteiger partial charge in [-0.2, -0.15) is 0 Å². The molecule has 1 saturated carbocycles. The second-order valence-corrected chi connectivity index (χ2v) is 4.12. The molecule has 0 saturated heterocycles. The van der Waals surface area contributed by atoms with Crippen molar-refractivity contribution in [1.29, 1.82) is 0 Å². The Kier molecular flexibility index (Phi) is 1.90. The molecule has 1 aliphatic carbocycles. The van der Waals surface area contributed by atoms with E-state index < -0.39 is 0 Å². The summed E-state index contributed by atoms with van der Waals surface area (Å²) in [7, 11) is 0. The first kappa shape index (κ1) is 7.56. The number of hydrogen-bond acceptors (Lipinski definition) is 1. The van der Waals surface area contributed by atoms with Gasteiger partial charge >= 0.3 is 0 Å². The number of aromatic nitrogens is 1. The summed E-state index contributed by atoms with van der Waals surface area (Å²) in [6, 6.07) is 1.90. The van der Waals surface area contributed by atoms with Crippen molar-refractivity contribution in [3.05, 3.63) is 27.5 Å². The molecule has 1 heterocycles. The van der Waals surface area contributed by atoms with Crippen molar-refractivity contribution >= 4 is 27.5 Å². The Balaban J connectivity index is 2.39. The van der Waals surface area contributed by atoms with Gasteiger partial charge in [0.1, 0.15) is 0 Å². The smallest absolute Gasteiger partial charge is 0.0635 e. The number of hydrogen-bond donors (Lipinski definition) is 0. The Morgan fingerprint density at radius 3 is 2.82 bits per heavy atom. The summed E-state index contributed by atoms with van der Waals surface area (Å²) in [5, 5.41) is 0.793. The van der Waals surface area contributed by atoms with Crippen LogP contribution in [0.3, 0.4) is 0 Å². The molecule has 0 amide bonds. The van der Waals surface area contributed by atoms with Crippen molar-refractivity contribution in [1.82, 2.24) is 4.98 Å². The van der Waals surface area contributed by atoms with Crippen molar-refractivity contribution in [3.8, 4) is 0 Å². The van der Waals surface area contributed by atoms with Crippen LogP contribution < -0.4 is 0 Å². The highest BCUT2D eigenvalue weighted by molar-refractivity contribution is 9.10. The molecule has 1 aliphatic rings. The molecule has 2 rings (SSSR count). The predicted octanol–water partition coefficient (Wildman–Crippen LogP) is 3.37. The molecule has 0 radical (unpaired) electrons. The van der Waals surface area contributed by atoms with Gasteiger partial charge in [0.2, 0.25) is 0 Å². The summed E-state index contributed by atoms with van der Waals surface area (Å²) in [4.78, 5) is 4.26. The maximum absolute atomic E-state index is 5.97. The molecule has 3 heteroatoms. The summed E-state index contributed by atoms with van der Waals surface area (Å²) < 4.78 is 0.951. The van der Waals surface area contributed by atoms with Gasteiger partial charge in [-0.3, -0.25) is 4.98 Å². The van der Waals surface area contributed by atoms with Crippen LogP contribution in [0.25, 0.3) is 0 Å². The van der Waals surface area contributed by atoms with Crippen molar-refractivity contribution in [2.45, 2.75) is 18.8 Å². The molecule has 1 fully saturated rings. The Labute approximate surface area is 78.9 Å². The van der Waals surface area contributed by atoms with E-state index in [1.165, 1.54) is 12.8 Å². The molecule has 0 N–H and O–H groups in total. The molecule has 1 aromatic heterocycles. The lowest BCUT2D eigenvalue weighted by atomic mass is 10.2. The third-order valence-corrected chi connectivity index (χ3v) is 2.54. The largest absolute Gasteiger partial charge is 0.258 e. The highest BCUT2D eigenvalue weighted by atomic mass is 79.9. The topological polar surface area (TPSA) is 12.9 Å². The van der Waals surface area contributed by atoms with Crippen LogP contribution in [0.1, 0.15) is 24.5 Å². The molecule has 0 bridgehead atoms. The Bertz CT molecular complexity index is 283. The van der Waals surface area contributed by atoms with E-state index >= 15 is 0 Å². The molecular weight excluding hydrogens is 225 g/mol. The fraction of sp³-hybridized carbons (Fsp3) is 0.375. The van der Waals surface area contributed by atoms with E-state index in [1.54, 1.807) is 6.20 Å². The third-order valence-electron chi connectivity index (χ3n) is 1.80. The van der Waals surface area contributed by atoms with Crippen molar-refractivity contribution in [3.63, 3.8) is 0 Å². The van der Waals surface area contributed by atoms with Gasteiger partial charge in [-0.15, -0.1) is 0 Å². The Morgan fingerprint density at radius 1 is 1.55 bits per heavy atom. The van der Waals surface area contributed by atoms with Gasteiger partial charge in [-0.25, -0.2) is 0 Å². The monoisotopic (exact) mass is 231 g/mol. The van der Waals surface area contributed by atoms with Crippen LogP contribution in [0.15, 0.2) is 16.7 Å². The fourth-order valence-electron chi connectivity index (χ4n) is 1.08. The van der Waals surface area contributed by atoms with Gasteiger partial charge in [0.05, 0.1) is 10.7 Å². The minimum absolute atomic E-state index is 0.635. The molecule has 1 aromatic rings. The van der Waals surface area contributed by atoms with E-state index in [2.05, 4.69) is 20.9 Å². The normalized spacial score (nSPS) is 16.9. The van der Waals surface area contributed by atoms with Gasteiger partial charge in [0.25, 0.3) is 0 Å². The zero-order chi connectivity index (χ0) is 7.84. The standard InChI is InChI=1S/C8H7BrClN/c9-6-3-7(10)8(11-4-6)5-1-2-5/h3-5H,1-2H2. The van der Waals surface area contributed by atoms with Gasteiger partial charge in [0.15, 0.2) is 0 Å². The SMILES string of the molecule is Clc1cc(Br)cnc1C1CC1. The quantitative estimate of drug-likeness (QED) is 0.723. The first-order chi connectivity index (χ1) is 5.27. The van der Waals surface area contributed by atoms with Gasteiger partial charge in [-0.1, -0.05) is 11.6 Å². The fourth-order valence-corrected chi connectivity index (χ4v) is 1.87. The van der Waals surface area contributed by atoms with E-state index in [4.69, 9.17) is 11.6 Å². The van der Waals surface area contributed by atoms with Crippen LogP contribution >= 0.6 is 27.5 Å². The summed E-state index contributed by atoms with van der Waals surface area (Å²) >= 11 is 9.29. The van der Waals surface area contributed by atoms with E-state index in [0.717, 1.165) is 15.2 Å². The van der Waals surface area contributed by atoms with E-state index in [0.29, 0.717) is 5.92 Å². The molecule has 0 spiro atoms. The second kappa shape index (κ2) is 2.76. The van der Waals surface area contributed by atoms with Crippen LogP contribution in [0.4, 0.5) is 0 Å². The molecule has 0 aliphatic heterocycles. The van der Waals surface area contributed by atoms with Crippen LogP contribution in [-0.2, 0) is 0 Å². The van der Waals surface area contributed by atoms with E-state index in [-0.39, 0.29) is 0 Å². The van der Waals surface area contributed by atoms with Crippen molar-refractivity contribution in [2.24, 2.45) is 0 Å². The molecular formula is C8H7BrClN.